The van der Waals surface area contributed by atoms with Crippen molar-refractivity contribution in [2.24, 2.45) is 11.1 Å². The molecule has 1 aromatic rings. The van der Waals surface area contributed by atoms with Crippen LogP contribution >= 0.6 is 0 Å². The summed E-state index contributed by atoms with van der Waals surface area (Å²) in [7, 11) is 0. The fourth-order valence-electron chi connectivity index (χ4n) is 1.82. The molecule has 0 bridgehead atoms. The van der Waals surface area contributed by atoms with Gasteiger partial charge in [0.25, 0.3) is 0 Å². The standard InChI is InChI=1S/C16H27N/c1-12(2)14-9-6-13(7-10-14)8-11-15(17)16(3,4)5/h6-7,9-10,12,15H,8,11,17H2,1-5H3. The SMILES string of the molecule is CC(C)c1ccc(CCC(N)C(C)(C)C)cc1. The maximum atomic E-state index is 6.18. The third-order valence-corrected chi connectivity index (χ3v) is 3.50. The summed E-state index contributed by atoms with van der Waals surface area (Å²) < 4.78 is 0. The Morgan fingerprint density at radius 2 is 1.59 bits per heavy atom. The molecular formula is C16H27N. The van der Waals surface area contributed by atoms with Crippen LogP contribution in [0.1, 0.15) is 58.1 Å². The van der Waals surface area contributed by atoms with E-state index in [-0.39, 0.29) is 11.5 Å². The van der Waals surface area contributed by atoms with Gasteiger partial charge in [-0.15, -0.1) is 0 Å². The molecule has 1 nitrogen and oxygen atoms in total. The van der Waals surface area contributed by atoms with Gasteiger partial charge in [-0.1, -0.05) is 58.9 Å². The molecule has 1 heteroatoms. The monoisotopic (exact) mass is 233 g/mol. The lowest BCUT2D eigenvalue weighted by atomic mass is 9.84. The minimum Gasteiger partial charge on any atom is -0.327 e. The fraction of sp³-hybridized carbons (Fsp3) is 0.625. The Morgan fingerprint density at radius 3 is 2.00 bits per heavy atom. The minimum absolute atomic E-state index is 0.206. The first-order valence-electron chi connectivity index (χ1n) is 6.65. The number of hydrogen-bond donors (Lipinski definition) is 1. The van der Waals surface area contributed by atoms with E-state index in [0.29, 0.717) is 5.92 Å². The van der Waals surface area contributed by atoms with Crippen molar-refractivity contribution in [3.63, 3.8) is 0 Å². The van der Waals surface area contributed by atoms with E-state index in [0.717, 1.165) is 12.8 Å². The Bertz CT molecular complexity index is 330. The largest absolute Gasteiger partial charge is 0.327 e. The van der Waals surface area contributed by atoms with Gasteiger partial charge in [0.1, 0.15) is 0 Å². The lowest BCUT2D eigenvalue weighted by Gasteiger charge is -2.27. The Labute approximate surface area is 106 Å². The third kappa shape index (κ3) is 4.51. The van der Waals surface area contributed by atoms with E-state index in [1.165, 1.54) is 11.1 Å². The molecule has 1 aromatic carbocycles. The van der Waals surface area contributed by atoms with Crippen LogP contribution in [0.4, 0.5) is 0 Å². The van der Waals surface area contributed by atoms with Crippen molar-refractivity contribution in [2.75, 3.05) is 0 Å². The molecule has 0 aliphatic rings. The lowest BCUT2D eigenvalue weighted by Crippen LogP contribution is -2.35. The predicted octanol–water partition coefficient (Wildman–Crippen LogP) is 4.12. The van der Waals surface area contributed by atoms with E-state index in [9.17, 15) is 0 Å². The molecule has 17 heavy (non-hydrogen) atoms. The third-order valence-electron chi connectivity index (χ3n) is 3.50. The molecule has 0 aliphatic heterocycles. The fourth-order valence-corrected chi connectivity index (χ4v) is 1.82. The van der Waals surface area contributed by atoms with Gasteiger partial charge >= 0.3 is 0 Å². The Kier molecular flexibility index (Phi) is 4.76. The first-order valence-corrected chi connectivity index (χ1v) is 6.65. The van der Waals surface area contributed by atoms with Crippen molar-refractivity contribution in [3.8, 4) is 0 Å². The second kappa shape index (κ2) is 5.68. The van der Waals surface area contributed by atoms with Gasteiger partial charge in [-0.05, 0) is 35.3 Å². The molecule has 0 spiro atoms. The van der Waals surface area contributed by atoms with Gasteiger partial charge in [0.15, 0.2) is 0 Å². The number of nitrogens with two attached hydrogens (primary N) is 1. The number of benzene rings is 1. The van der Waals surface area contributed by atoms with E-state index in [1.807, 2.05) is 0 Å². The Hall–Kier alpha value is -0.820. The summed E-state index contributed by atoms with van der Waals surface area (Å²) in [6.45, 7) is 11.1. The highest BCUT2D eigenvalue weighted by Crippen LogP contribution is 2.22. The number of aryl methyl sites for hydroxylation is 1. The number of hydrogen-bond acceptors (Lipinski definition) is 1. The van der Waals surface area contributed by atoms with Crippen LogP contribution in [0.5, 0.6) is 0 Å². The average Bonchev–Trinajstić information content (AvgIpc) is 2.25. The van der Waals surface area contributed by atoms with Crippen LogP contribution in [-0.2, 0) is 6.42 Å². The smallest absolute Gasteiger partial charge is 0.00908 e. The summed E-state index contributed by atoms with van der Waals surface area (Å²) in [5.41, 5.74) is 9.19. The Morgan fingerprint density at radius 1 is 1.06 bits per heavy atom. The van der Waals surface area contributed by atoms with E-state index < -0.39 is 0 Å². The first-order chi connectivity index (χ1) is 7.80. The summed E-state index contributed by atoms with van der Waals surface area (Å²) in [5, 5.41) is 0. The topological polar surface area (TPSA) is 26.0 Å². The maximum Gasteiger partial charge on any atom is 0.00908 e. The van der Waals surface area contributed by atoms with Crippen LogP contribution in [0.25, 0.3) is 0 Å². The Balaban J connectivity index is 2.53. The molecule has 0 fully saturated rings. The van der Waals surface area contributed by atoms with Crippen molar-refractivity contribution in [1.29, 1.82) is 0 Å². The van der Waals surface area contributed by atoms with E-state index in [4.69, 9.17) is 5.73 Å². The first kappa shape index (κ1) is 14.2. The van der Waals surface area contributed by atoms with Gasteiger partial charge in [0, 0.05) is 6.04 Å². The second-order valence-corrected chi connectivity index (χ2v) is 6.41. The zero-order valence-corrected chi connectivity index (χ0v) is 12.0. The molecule has 0 aromatic heterocycles. The molecule has 0 saturated heterocycles. The summed E-state index contributed by atoms with van der Waals surface area (Å²) in [5.74, 6) is 0.612. The van der Waals surface area contributed by atoms with E-state index >= 15 is 0 Å². The van der Waals surface area contributed by atoms with Crippen molar-refractivity contribution in [3.05, 3.63) is 35.4 Å². The molecular weight excluding hydrogens is 206 g/mol. The predicted molar refractivity (Wildman–Crippen MR) is 76.3 cm³/mol. The average molecular weight is 233 g/mol. The summed E-state index contributed by atoms with van der Waals surface area (Å²) in [6.07, 6.45) is 2.14. The molecule has 1 unspecified atom stereocenters. The van der Waals surface area contributed by atoms with Crippen LogP contribution in [0.15, 0.2) is 24.3 Å². The molecule has 0 amide bonds. The van der Waals surface area contributed by atoms with Crippen LogP contribution in [0.2, 0.25) is 0 Å². The zero-order valence-electron chi connectivity index (χ0n) is 12.0. The molecule has 0 heterocycles. The molecule has 0 radical (unpaired) electrons. The van der Waals surface area contributed by atoms with Crippen LogP contribution in [0.3, 0.4) is 0 Å². The van der Waals surface area contributed by atoms with Crippen molar-refractivity contribution in [1.82, 2.24) is 0 Å². The lowest BCUT2D eigenvalue weighted by molar-refractivity contribution is 0.306. The van der Waals surface area contributed by atoms with Gasteiger partial charge in [-0.25, -0.2) is 0 Å². The van der Waals surface area contributed by atoms with E-state index in [1.54, 1.807) is 0 Å². The van der Waals surface area contributed by atoms with Crippen LogP contribution in [-0.4, -0.2) is 6.04 Å². The highest BCUT2D eigenvalue weighted by atomic mass is 14.7. The number of rotatable bonds is 4. The minimum atomic E-state index is 0.206. The van der Waals surface area contributed by atoms with Crippen LogP contribution < -0.4 is 5.73 Å². The molecule has 1 rings (SSSR count). The zero-order chi connectivity index (χ0) is 13.1. The summed E-state index contributed by atoms with van der Waals surface area (Å²) in [4.78, 5) is 0. The van der Waals surface area contributed by atoms with Crippen molar-refractivity contribution in [2.45, 2.75) is 59.4 Å². The van der Waals surface area contributed by atoms with E-state index in [2.05, 4.69) is 58.9 Å². The quantitative estimate of drug-likeness (QED) is 0.832. The summed E-state index contributed by atoms with van der Waals surface area (Å²) >= 11 is 0. The second-order valence-electron chi connectivity index (χ2n) is 6.41. The van der Waals surface area contributed by atoms with Gasteiger partial charge < -0.3 is 5.73 Å². The van der Waals surface area contributed by atoms with Gasteiger partial charge in [0.05, 0.1) is 0 Å². The highest BCUT2D eigenvalue weighted by Gasteiger charge is 2.19. The normalized spacial score (nSPS) is 14.1. The molecule has 0 aliphatic carbocycles. The summed E-state index contributed by atoms with van der Waals surface area (Å²) in [6, 6.07) is 9.23. The molecule has 0 saturated carbocycles. The van der Waals surface area contributed by atoms with Crippen molar-refractivity contribution >= 4 is 0 Å². The van der Waals surface area contributed by atoms with Crippen molar-refractivity contribution < 1.29 is 0 Å². The highest BCUT2D eigenvalue weighted by molar-refractivity contribution is 5.24. The molecule has 96 valence electrons. The molecule has 2 N–H and O–H groups in total. The van der Waals surface area contributed by atoms with Gasteiger partial charge in [-0.2, -0.15) is 0 Å². The molecule has 1 atom stereocenters. The maximum absolute atomic E-state index is 6.18. The van der Waals surface area contributed by atoms with Gasteiger partial charge in [0.2, 0.25) is 0 Å². The van der Waals surface area contributed by atoms with Crippen LogP contribution in [0, 0.1) is 5.41 Å². The van der Waals surface area contributed by atoms with Gasteiger partial charge in [-0.3, -0.25) is 0 Å².